The molecule has 34 heavy (non-hydrogen) atoms. The van der Waals surface area contributed by atoms with Crippen molar-refractivity contribution in [2.24, 2.45) is 0 Å². The molecule has 1 saturated heterocycles. The number of piperazine rings is 1. The van der Waals surface area contributed by atoms with Crippen molar-refractivity contribution in [3.63, 3.8) is 0 Å². The Morgan fingerprint density at radius 2 is 1.47 bits per heavy atom. The molecule has 172 valence electrons. The van der Waals surface area contributed by atoms with E-state index < -0.39 is 0 Å². The van der Waals surface area contributed by atoms with Crippen LogP contribution in [0.25, 0.3) is 16.9 Å². The van der Waals surface area contributed by atoms with Gasteiger partial charge in [0.2, 0.25) is 0 Å². The number of ether oxygens (including phenoxy) is 1. The molecule has 0 unspecified atom stereocenters. The average Bonchev–Trinajstić information content (AvgIpc) is 3.35. The summed E-state index contributed by atoms with van der Waals surface area (Å²) in [6.45, 7) is 4.93. The van der Waals surface area contributed by atoms with Gasteiger partial charge >= 0.3 is 0 Å². The smallest absolute Gasteiger partial charge is 0.272 e. The molecule has 6 heteroatoms. The first-order valence-electron chi connectivity index (χ1n) is 11.5. The van der Waals surface area contributed by atoms with E-state index in [2.05, 4.69) is 24.0 Å². The lowest BCUT2D eigenvalue weighted by atomic mass is 10.1. The summed E-state index contributed by atoms with van der Waals surface area (Å²) in [6.07, 6.45) is 0. The second-order valence-corrected chi connectivity index (χ2v) is 8.51. The van der Waals surface area contributed by atoms with Crippen molar-refractivity contribution in [2.45, 2.75) is 6.92 Å². The Morgan fingerprint density at radius 3 is 2.12 bits per heavy atom. The fourth-order valence-electron chi connectivity index (χ4n) is 4.29. The topological polar surface area (TPSA) is 50.6 Å². The Bertz CT molecular complexity index is 1260. The number of methoxy groups -OCH3 is 1. The third-order valence-electron chi connectivity index (χ3n) is 6.28. The third-order valence-corrected chi connectivity index (χ3v) is 6.28. The number of aromatic nitrogens is 2. The molecule has 0 atom stereocenters. The molecule has 1 aromatic heterocycles. The number of benzene rings is 3. The number of rotatable bonds is 5. The van der Waals surface area contributed by atoms with Gasteiger partial charge in [-0.3, -0.25) is 4.79 Å². The van der Waals surface area contributed by atoms with Crippen LogP contribution in [0.4, 0.5) is 5.69 Å². The Morgan fingerprint density at radius 1 is 0.824 bits per heavy atom. The van der Waals surface area contributed by atoms with Crippen LogP contribution >= 0.6 is 0 Å². The summed E-state index contributed by atoms with van der Waals surface area (Å²) in [4.78, 5) is 17.9. The highest BCUT2D eigenvalue weighted by molar-refractivity contribution is 5.94. The second-order valence-electron chi connectivity index (χ2n) is 8.51. The van der Waals surface area contributed by atoms with E-state index in [1.165, 1.54) is 5.56 Å². The summed E-state index contributed by atoms with van der Waals surface area (Å²) < 4.78 is 7.04. The van der Waals surface area contributed by atoms with Crippen molar-refractivity contribution >= 4 is 11.6 Å². The predicted molar refractivity (Wildman–Crippen MR) is 135 cm³/mol. The monoisotopic (exact) mass is 452 g/mol. The lowest BCUT2D eigenvalue weighted by molar-refractivity contribution is 0.0737. The molecular weight excluding hydrogens is 424 g/mol. The van der Waals surface area contributed by atoms with E-state index in [1.807, 2.05) is 77.7 Å². The lowest BCUT2D eigenvalue weighted by Gasteiger charge is -2.36. The Balaban J connectivity index is 1.39. The maximum absolute atomic E-state index is 13.7. The number of hydrogen-bond donors (Lipinski definition) is 0. The molecule has 1 aliphatic heterocycles. The lowest BCUT2D eigenvalue weighted by Crippen LogP contribution is -2.49. The molecule has 6 nitrogen and oxygen atoms in total. The first-order chi connectivity index (χ1) is 16.6. The number of nitrogens with zero attached hydrogens (tertiary/aromatic N) is 4. The maximum Gasteiger partial charge on any atom is 0.272 e. The van der Waals surface area contributed by atoms with E-state index in [1.54, 1.807) is 11.8 Å². The minimum absolute atomic E-state index is 0.00429. The molecule has 2 heterocycles. The molecule has 3 aromatic carbocycles. The summed E-state index contributed by atoms with van der Waals surface area (Å²) in [6, 6.07) is 28.1. The summed E-state index contributed by atoms with van der Waals surface area (Å²) in [5, 5.41) is 4.82. The van der Waals surface area contributed by atoms with Gasteiger partial charge in [0.1, 0.15) is 11.4 Å². The van der Waals surface area contributed by atoms with Gasteiger partial charge in [-0.2, -0.15) is 5.10 Å². The van der Waals surface area contributed by atoms with E-state index in [-0.39, 0.29) is 5.91 Å². The normalized spacial score (nSPS) is 13.7. The molecule has 5 rings (SSSR count). The highest BCUT2D eigenvalue weighted by atomic mass is 16.5. The average molecular weight is 453 g/mol. The zero-order chi connectivity index (χ0) is 23.5. The Hall–Kier alpha value is -4.06. The molecule has 1 fully saturated rings. The van der Waals surface area contributed by atoms with Gasteiger partial charge in [-0.1, -0.05) is 48.0 Å². The molecule has 0 N–H and O–H groups in total. The standard InChI is InChI=1S/C28H28N4O2/c1-21-8-10-24(11-9-21)32-27(20-26(29-32)22-6-4-3-5-7-22)28(33)31-18-16-30(17-19-31)23-12-14-25(34-2)15-13-23/h3-15,20H,16-19H2,1-2H3. The summed E-state index contributed by atoms with van der Waals surface area (Å²) in [5.74, 6) is 0.848. The van der Waals surface area contributed by atoms with Gasteiger partial charge in [0.15, 0.2) is 0 Å². The number of carbonyl (C=O) groups excluding carboxylic acids is 1. The Kier molecular flexibility index (Phi) is 6.04. The van der Waals surface area contributed by atoms with Crippen molar-refractivity contribution in [2.75, 3.05) is 38.2 Å². The van der Waals surface area contributed by atoms with Crippen molar-refractivity contribution in [1.29, 1.82) is 0 Å². The molecule has 0 spiro atoms. The minimum Gasteiger partial charge on any atom is -0.497 e. The van der Waals surface area contributed by atoms with Gasteiger partial charge in [-0.25, -0.2) is 4.68 Å². The van der Waals surface area contributed by atoms with E-state index in [0.29, 0.717) is 18.8 Å². The minimum atomic E-state index is 0.00429. The SMILES string of the molecule is COc1ccc(N2CCN(C(=O)c3cc(-c4ccccc4)nn3-c3ccc(C)cc3)CC2)cc1. The van der Waals surface area contributed by atoms with Crippen molar-refractivity contribution in [3.8, 4) is 22.7 Å². The van der Waals surface area contributed by atoms with Gasteiger partial charge in [-0.15, -0.1) is 0 Å². The zero-order valence-electron chi connectivity index (χ0n) is 19.5. The van der Waals surface area contributed by atoms with Crippen molar-refractivity contribution in [1.82, 2.24) is 14.7 Å². The third kappa shape index (κ3) is 4.39. The molecule has 0 radical (unpaired) electrons. The summed E-state index contributed by atoms with van der Waals surface area (Å²) in [7, 11) is 1.67. The van der Waals surface area contributed by atoms with E-state index in [4.69, 9.17) is 9.84 Å². The van der Waals surface area contributed by atoms with Crippen LogP contribution in [0.15, 0.2) is 84.9 Å². The van der Waals surface area contributed by atoms with Crippen LogP contribution in [0.5, 0.6) is 5.75 Å². The van der Waals surface area contributed by atoms with E-state index in [0.717, 1.165) is 41.5 Å². The van der Waals surface area contributed by atoms with Gasteiger partial charge in [0.25, 0.3) is 5.91 Å². The second kappa shape index (κ2) is 9.43. The molecule has 0 bridgehead atoms. The van der Waals surface area contributed by atoms with Crippen LogP contribution in [0.1, 0.15) is 16.1 Å². The summed E-state index contributed by atoms with van der Waals surface area (Å²) in [5.41, 5.74) is 5.56. The van der Waals surface area contributed by atoms with Crippen LogP contribution in [-0.4, -0.2) is 53.9 Å². The first kappa shape index (κ1) is 21.8. The molecule has 1 aliphatic rings. The van der Waals surface area contributed by atoms with Gasteiger partial charge < -0.3 is 14.5 Å². The number of anilines is 1. The van der Waals surface area contributed by atoms with Gasteiger partial charge in [0.05, 0.1) is 18.5 Å². The fourth-order valence-corrected chi connectivity index (χ4v) is 4.29. The van der Waals surface area contributed by atoms with Crippen LogP contribution in [0.3, 0.4) is 0 Å². The Labute approximate surface area is 200 Å². The molecule has 0 aliphatic carbocycles. The van der Waals surface area contributed by atoms with E-state index in [9.17, 15) is 4.79 Å². The van der Waals surface area contributed by atoms with Crippen LogP contribution in [-0.2, 0) is 0 Å². The highest BCUT2D eigenvalue weighted by Crippen LogP contribution is 2.25. The molecule has 1 amide bonds. The number of hydrogen-bond acceptors (Lipinski definition) is 4. The highest BCUT2D eigenvalue weighted by Gasteiger charge is 2.26. The fraction of sp³-hybridized carbons (Fsp3) is 0.214. The zero-order valence-corrected chi connectivity index (χ0v) is 19.5. The molecule has 4 aromatic rings. The number of aryl methyl sites for hydroxylation is 1. The maximum atomic E-state index is 13.7. The summed E-state index contributed by atoms with van der Waals surface area (Å²) >= 11 is 0. The number of carbonyl (C=O) groups is 1. The van der Waals surface area contributed by atoms with Gasteiger partial charge in [-0.05, 0) is 49.4 Å². The van der Waals surface area contributed by atoms with Crippen LogP contribution in [0.2, 0.25) is 0 Å². The van der Waals surface area contributed by atoms with Crippen LogP contribution < -0.4 is 9.64 Å². The van der Waals surface area contributed by atoms with Crippen molar-refractivity contribution < 1.29 is 9.53 Å². The van der Waals surface area contributed by atoms with Crippen LogP contribution in [0, 0.1) is 6.92 Å². The largest absolute Gasteiger partial charge is 0.497 e. The predicted octanol–water partition coefficient (Wildman–Crippen LogP) is 4.82. The quantitative estimate of drug-likeness (QED) is 0.436. The van der Waals surface area contributed by atoms with E-state index >= 15 is 0 Å². The number of amides is 1. The van der Waals surface area contributed by atoms with Gasteiger partial charge in [0, 0.05) is 37.4 Å². The molecule has 0 saturated carbocycles. The van der Waals surface area contributed by atoms with Crippen molar-refractivity contribution in [3.05, 3.63) is 96.2 Å². The molecular formula is C28H28N4O2. The first-order valence-corrected chi connectivity index (χ1v) is 11.5.